The van der Waals surface area contributed by atoms with Gasteiger partial charge in [0.15, 0.2) is 6.29 Å². The molecule has 1 saturated heterocycles. The summed E-state index contributed by atoms with van der Waals surface area (Å²) in [7, 11) is 0. The standard InChI is InChI=1S/C58H103NO10/c1-3-5-7-9-11-13-15-16-17-18-19-20-23-26-30-34-38-42-46-54(63)67-47-43-39-35-31-27-24-21-22-25-29-33-37-41-45-53(62)59-50(49-68-58-57(66)56(65)55(64)52(48-60)69-58)51(61)44-40-36-32-28-14-12-10-8-6-4-2/h14,17-18,22,25,28,33,37,40,44,50-52,55-58,60-61,64-66H,3-13,15-16,19-21,23-24,26-27,29-32,34-36,38-39,41-43,45-49H2,1-2H3,(H,59,62)/b18-17-,25-22-,28-14+,37-33-,44-40+. The summed E-state index contributed by atoms with van der Waals surface area (Å²) in [5.41, 5.74) is 0. The van der Waals surface area contributed by atoms with Crippen LogP contribution in [-0.2, 0) is 23.8 Å². The number of rotatable bonds is 47. The lowest BCUT2D eigenvalue weighted by Crippen LogP contribution is -2.60. The van der Waals surface area contributed by atoms with Crippen LogP contribution in [0.3, 0.4) is 0 Å². The van der Waals surface area contributed by atoms with Crippen LogP contribution < -0.4 is 5.32 Å². The number of aliphatic hydroxyl groups is 5. The van der Waals surface area contributed by atoms with E-state index in [-0.39, 0.29) is 24.9 Å². The number of amides is 1. The van der Waals surface area contributed by atoms with Crippen LogP contribution >= 0.6 is 0 Å². The molecule has 1 aliphatic heterocycles. The average molecular weight is 974 g/mol. The minimum atomic E-state index is -1.59. The zero-order valence-corrected chi connectivity index (χ0v) is 43.8. The molecular weight excluding hydrogens is 871 g/mol. The molecule has 0 saturated carbocycles. The van der Waals surface area contributed by atoms with E-state index in [9.17, 15) is 35.1 Å². The Morgan fingerprint density at radius 1 is 0.536 bits per heavy atom. The van der Waals surface area contributed by atoms with E-state index in [2.05, 4.69) is 55.6 Å². The van der Waals surface area contributed by atoms with Gasteiger partial charge in [-0.25, -0.2) is 0 Å². The van der Waals surface area contributed by atoms with Gasteiger partial charge in [-0.3, -0.25) is 9.59 Å². The second-order valence-electron chi connectivity index (χ2n) is 19.3. The van der Waals surface area contributed by atoms with E-state index in [4.69, 9.17) is 14.2 Å². The van der Waals surface area contributed by atoms with Crippen LogP contribution in [0, 0.1) is 0 Å². The summed E-state index contributed by atoms with van der Waals surface area (Å²) in [6.07, 6.45) is 50.5. The number of allylic oxidation sites excluding steroid dienone is 9. The van der Waals surface area contributed by atoms with Gasteiger partial charge < -0.3 is 45.1 Å². The summed E-state index contributed by atoms with van der Waals surface area (Å²) in [6, 6.07) is -0.872. The third-order valence-electron chi connectivity index (χ3n) is 12.8. The highest BCUT2D eigenvalue weighted by molar-refractivity contribution is 5.76. The molecule has 11 nitrogen and oxygen atoms in total. The van der Waals surface area contributed by atoms with Gasteiger partial charge in [0.05, 0.1) is 32.0 Å². The van der Waals surface area contributed by atoms with E-state index in [0.29, 0.717) is 19.4 Å². The Hall–Kier alpha value is -2.64. The summed E-state index contributed by atoms with van der Waals surface area (Å²) >= 11 is 0. The van der Waals surface area contributed by atoms with E-state index in [1.54, 1.807) is 6.08 Å². The first-order chi connectivity index (χ1) is 33.7. The molecular formula is C58H103NO10. The lowest BCUT2D eigenvalue weighted by atomic mass is 9.99. The predicted molar refractivity (Wildman–Crippen MR) is 283 cm³/mol. The molecule has 1 aliphatic rings. The zero-order chi connectivity index (χ0) is 50.3. The van der Waals surface area contributed by atoms with Gasteiger partial charge in [-0.2, -0.15) is 0 Å². The summed E-state index contributed by atoms with van der Waals surface area (Å²) < 4.78 is 16.6. The highest BCUT2D eigenvalue weighted by atomic mass is 16.7. The molecule has 0 bridgehead atoms. The fourth-order valence-corrected chi connectivity index (χ4v) is 8.32. The Morgan fingerprint density at radius 3 is 1.57 bits per heavy atom. The van der Waals surface area contributed by atoms with Gasteiger partial charge in [0, 0.05) is 12.8 Å². The van der Waals surface area contributed by atoms with Gasteiger partial charge in [-0.05, 0) is 89.9 Å². The molecule has 1 rings (SSSR count). The molecule has 0 spiro atoms. The van der Waals surface area contributed by atoms with E-state index in [1.165, 1.54) is 128 Å². The highest BCUT2D eigenvalue weighted by Gasteiger charge is 2.44. The molecule has 7 unspecified atom stereocenters. The minimum Gasteiger partial charge on any atom is -0.466 e. The maximum atomic E-state index is 12.9. The number of hydrogen-bond donors (Lipinski definition) is 6. The van der Waals surface area contributed by atoms with E-state index in [0.717, 1.165) is 70.6 Å². The summed E-state index contributed by atoms with van der Waals surface area (Å²) in [5, 5.41) is 54.0. The zero-order valence-electron chi connectivity index (χ0n) is 43.8. The molecule has 0 aromatic heterocycles. The fraction of sp³-hybridized carbons (Fsp3) is 0.793. The van der Waals surface area contributed by atoms with Gasteiger partial charge in [0.25, 0.3) is 0 Å². The number of hydrogen-bond acceptors (Lipinski definition) is 10. The van der Waals surface area contributed by atoms with Crippen LogP contribution in [-0.4, -0.2) is 100 Å². The molecule has 0 aromatic carbocycles. The molecule has 69 heavy (non-hydrogen) atoms. The second-order valence-corrected chi connectivity index (χ2v) is 19.3. The third kappa shape index (κ3) is 37.8. The molecule has 0 aliphatic carbocycles. The van der Waals surface area contributed by atoms with Gasteiger partial charge >= 0.3 is 5.97 Å². The van der Waals surface area contributed by atoms with Crippen LogP contribution in [0.25, 0.3) is 0 Å². The van der Waals surface area contributed by atoms with Crippen molar-refractivity contribution < 1.29 is 49.3 Å². The summed E-state index contributed by atoms with van der Waals surface area (Å²) in [4.78, 5) is 25.0. The van der Waals surface area contributed by atoms with Crippen molar-refractivity contribution in [1.82, 2.24) is 5.32 Å². The largest absolute Gasteiger partial charge is 0.466 e. The molecule has 400 valence electrons. The number of aliphatic hydroxyl groups excluding tert-OH is 5. The SMILES string of the molecule is CCCCCC/C=C/CC/C=C/C(O)C(COC1OC(CO)C(O)C(O)C1O)NC(=O)CC/C=C\C/C=C\CCCCCCCCOC(=O)CCCCCCCCC/C=C\CCCCCCCCC. The normalized spacial score (nSPS) is 19.8. The maximum absolute atomic E-state index is 12.9. The number of esters is 1. The molecule has 6 N–H and O–H groups in total. The van der Waals surface area contributed by atoms with Gasteiger partial charge in [-0.15, -0.1) is 0 Å². The van der Waals surface area contributed by atoms with Crippen LogP contribution in [0.1, 0.15) is 232 Å². The van der Waals surface area contributed by atoms with Crippen molar-refractivity contribution in [3.63, 3.8) is 0 Å². The maximum Gasteiger partial charge on any atom is 0.305 e. The van der Waals surface area contributed by atoms with Gasteiger partial charge in [0.2, 0.25) is 5.91 Å². The van der Waals surface area contributed by atoms with Crippen LogP contribution in [0.2, 0.25) is 0 Å². The van der Waals surface area contributed by atoms with Crippen molar-refractivity contribution in [3.05, 3.63) is 60.8 Å². The van der Waals surface area contributed by atoms with Crippen molar-refractivity contribution >= 4 is 11.9 Å². The predicted octanol–water partition coefficient (Wildman–Crippen LogP) is 12.3. The highest BCUT2D eigenvalue weighted by Crippen LogP contribution is 2.23. The lowest BCUT2D eigenvalue weighted by molar-refractivity contribution is -0.302. The molecule has 1 fully saturated rings. The molecule has 1 amide bonds. The first-order valence-corrected chi connectivity index (χ1v) is 28.1. The molecule has 1 heterocycles. The topological polar surface area (TPSA) is 175 Å². The van der Waals surface area contributed by atoms with Crippen LogP contribution in [0.15, 0.2) is 60.8 Å². The number of unbranched alkanes of at least 4 members (excludes halogenated alkanes) is 25. The molecule has 7 atom stereocenters. The number of carbonyl (C=O) groups excluding carboxylic acids is 2. The Bertz CT molecular complexity index is 1330. The Labute approximate surface area is 420 Å². The summed E-state index contributed by atoms with van der Waals surface area (Å²) in [5.74, 6) is -0.321. The van der Waals surface area contributed by atoms with Crippen molar-refractivity contribution in [2.24, 2.45) is 0 Å². The number of ether oxygens (including phenoxy) is 3. The minimum absolute atomic E-state index is 0.0444. The first kappa shape index (κ1) is 64.4. The number of carbonyl (C=O) groups is 2. The van der Waals surface area contributed by atoms with Crippen molar-refractivity contribution in [2.75, 3.05) is 19.8 Å². The monoisotopic (exact) mass is 974 g/mol. The van der Waals surface area contributed by atoms with Crippen LogP contribution in [0.5, 0.6) is 0 Å². The Kier molecular flexibility index (Phi) is 44.5. The summed E-state index contributed by atoms with van der Waals surface area (Å²) in [6.45, 7) is 4.18. The van der Waals surface area contributed by atoms with Gasteiger partial charge in [0.1, 0.15) is 24.4 Å². The first-order valence-electron chi connectivity index (χ1n) is 28.1. The second kappa shape index (κ2) is 47.7. The number of nitrogens with one attached hydrogen (secondary N) is 1. The van der Waals surface area contributed by atoms with Gasteiger partial charge in [-0.1, -0.05) is 190 Å². The molecule has 0 radical (unpaired) electrons. The van der Waals surface area contributed by atoms with Crippen LogP contribution in [0.4, 0.5) is 0 Å². The van der Waals surface area contributed by atoms with E-state index < -0.39 is 49.5 Å². The van der Waals surface area contributed by atoms with E-state index in [1.807, 2.05) is 18.2 Å². The smallest absolute Gasteiger partial charge is 0.305 e. The van der Waals surface area contributed by atoms with E-state index >= 15 is 0 Å². The molecule has 11 heteroatoms. The fourth-order valence-electron chi connectivity index (χ4n) is 8.32. The quantitative estimate of drug-likeness (QED) is 0.0196. The molecule has 0 aromatic rings. The van der Waals surface area contributed by atoms with Crippen molar-refractivity contribution in [1.29, 1.82) is 0 Å². The van der Waals surface area contributed by atoms with Crippen molar-refractivity contribution in [2.45, 2.75) is 275 Å². The average Bonchev–Trinajstić information content (AvgIpc) is 3.34. The van der Waals surface area contributed by atoms with Crippen molar-refractivity contribution in [3.8, 4) is 0 Å². The Balaban J connectivity index is 2.14. The lowest BCUT2D eigenvalue weighted by Gasteiger charge is -2.40. The Morgan fingerprint density at radius 2 is 1.00 bits per heavy atom. The third-order valence-corrected chi connectivity index (χ3v) is 12.8.